The summed E-state index contributed by atoms with van der Waals surface area (Å²) in [7, 11) is 0. The number of phenols is 1. The highest BCUT2D eigenvalue weighted by molar-refractivity contribution is 7.99. The van der Waals surface area contributed by atoms with Crippen LogP contribution in [-0.2, 0) is 12.0 Å². The first-order valence-corrected chi connectivity index (χ1v) is 16.9. The molecule has 49 heavy (non-hydrogen) atoms. The van der Waals surface area contributed by atoms with Gasteiger partial charge in [0.25, 0.3) is 0 Å². The standard InChI is InChI=1S/C36H36ClN7O4S/c1-4-36(2,3)31-20-33(44(42-31)24-9-12-26(13-10-24)48-18-17-45)39-35(47)38-21-23-7-5-6-8-30(23)49-27-14-16-32-40-41-34(43(32)22-27)28-19-25(46)11-15-29(28)37/h5-16,19-20,22,45-46H,4,17-18,21H2,1-3H3,(H2,38,39,47). The second-order valence-electron chi connectivity index (χ2n) is 11.9. The molecule has 4 N–H and O–H groups in total. The minimum atomic E-state index is -0.372. The molecule has 6 aromatic rings. The molecule has 3 aromatic heterocycles. The van der Waals surface area contributed by atoms with Gasteiger partial charge in [-0.05, 0) is 72.6 Å². The Morgan fingerprint density at radius 3 is 2.59 bits per heavy atom. The van der Waals surface area contributed by atoms with Gasteiger partial charge in [0.15, 0.2) is 11.5 Å². The molecule has 11 nitrogen and oxygen atoms in total. The predicted molar refractivity (Wildman–Crippen MR) is 191 cm³/mol. The van der Waals surface area contributed by atoms with Crippen LogP contribution in [0.15, 0.2) is 101 Å². The van der Waals surface area contributed by atoms with Crippen molar-refractivity contribution < 1.29 is 19.7 Å². The van der Waals surface area contributed by atoms with Crippen molar-refractivity contribution >= 4 is 40.9 Å². The second-order valence-corrected chi connectivity index (χ2v) is 13.5. The normalized spacial score (nSPS) is 11.5. The van der Waals surface area contributed by atoms with E-state index in [1.165, 1.54) is 6.07 Å². The van der Waals surface area contributed by atoms with Gasteiger partial charge in [0.1, 0.15) is 23.9 Å². The van der Waals surface area contributed by atoms with Crippen molar-refractivity contribution in [3.8, 4) is 28.6 Å². The summed E-state index contributed by atoms with van der Waals surface area (Å²) in [5.41, 5.74) is 3.55. The number of aromatic hydroxyl groups is 1. The number of nitrogens with zero attached hydrogens (tertiary/aromatic N) is 5. The Bertz CT molecular complexity index is 2100. The summed E-state index contributed by atoms with van der Waals surface area (Å²) >= 11 is 7.97. The number of fused-ring (bicyclic) bond motifs is 1. The molecule has 3 aromatic carbocycles. The molecule has 0 saturated heterocycles. The number of pyridine rings is 1. The Labute approximate surface area is 292 Å². The van der Waals surface area contributed by atoms with E-state index in [2.05, 4.69) is 41.6 Å². The summed E-state index contributed by atoms with van der Waals surface area (Å²) in [6.45, 7) is 6.76. The fraction of sp³-hybridized carbons (Fsp3) is 0.222. The van der Waals surface area contributed by atoms with Gasteiger partial charge < -0.3 is 20.3 Å². The third-order valence-electron chi connectivity index (χ3n) is 8.18. The minimum absolute atomic E-state index is 0.0697. The number of hydrogen-bond acceptors (Lipinski definition) is 8. The van der Waals surface area contributed by atoms with E-state index >= 15 is 0 Å². The lowest BCUT2D eigenvalue weighted by Gasteiger charge is -2.19. The van der Waals surface area contributed by atoms with E-state index in [0.717, 1.165) is 33.2 Å². The summed E-state index contributed by atoms with van der Waals surface area (Å²) in [4.78, 5) is 15.2. The van der Waals surface area contributed by atoms with Gasteiger partial charge in [-0.15, -0.1) is 10.2 Å². The van der Waals surface area contributed by atoms with Crippen LogP contribution >= 0.6 is 23.4 Å². The van der Waals surface area contributed by atoms with Crippen molar-refractivity contribution in [1.29, 1.82) is 0 Å². The van der Waals surface area contributed by atoms with Gasteiger partial charge in [-0.2, -0.15) is 5.10 Å². The number of phenolic OH excluding ortho intramolecular Hbond substituents is 1. The van der Waals surface area contributed by atoms with Crippen LogP contribution in [0, 0.1) is 0 Å². The topological polar surface area (TPSA) is 139 Å². The molecule has 0 unspecified atom stereocenters. The molecular formula is C36H36ClN7O4S. The number of carbonyl (C=O) groups is 1. The van der Waals surface area contributed by atoms with E-state index in [1.807, 2.05) is 65.2 Å². The van der Waals surface area contributed by atoms with Gasteiger partial charge in [0.2, 0.25) is 0 Å². The quantitative estimate of drug-likeness (QED) is 0.103. The highest BCUT2D eigenvalue weighted by Gasteiger charge is 2.24. The van der Waals surface area contributed by atoms with Crippen LogP contribution in [0.4, 0.5) is 10.6 Å². The zero-order valence-corrected chi connectivity index (χ0v) is 28.8. The molecule has 252 valence electrons. The van der Waals surface area contributed by atoms with Crippen LogP contribution < -0.4 is 15.4 Å². The van der Waals surface area contributed by atoms with E-state index in [4.69, 9.17) is 26.5 Å². The van der Waals surface area contributed by atoms with Crippen molar-refractivity contribution in [3.63, 3.8) is 0 Å². The highest BCUT2D eigenvalue weighted by Crippen LogP contribution is 2.34. The Morgan fingerprint density at radius 2 is 1.82 bits per heavy atom. The van der Waals surface area contributed by atoms with Crippen LogP contribution in [0.25, 0.3) is 22.7 Å². The van der Waals surface area contributed by atoms with Gasteiger partial charge >= 0.3 is 6.03 Å². The lowest BCUT2D eigenvalue weighted by Crippen LogP contribution is -2.29. The number of rotatable bonds is 12. The van der Waals surface area contributed by atoms with E-state index < -0.39 is 0 Å². The van der Waals surface area contributed by atoms with Crippen LogP contribution in [0.3, 0.4) is 0 Å². The summed E-state index contributed by atoms with van der Waals surface area (Å²) in [5, 5.41) is 39.0. The fourth-order valence-electron chi connectivity index (χ4n) is 5.04. The van der Waals surface area contributed by atoms with Crippen molar-refractivity contribution in [2.24, 2.45) is 0 Å². The van der Waals surface area contributed by atoms with Crippen molar-refractivity contribution in [2.45, 2.75) is 48.9 Å². The molecule has 0 bridgehead atoms. The Hall–Kier alpha value is -5.04. The van der Waals surface area contributed by atoms with Crippen molar-refractivity contribution in [3.05, 3.63) is 107 Å². The third kappa shape index (κ3) is 7.67. The van der Waals surface area contributed by atoms with Crippen LogP contribution in [0.1, 0.15) is 38.4 Å². The first-order chi connectivity index (χ1) is 23.6. The molecule has 0 aliphatic carbocycles. The molecule has 0 aliphatic rings. The van der Waals surface area contributed by atoms with Gasteiger partial charge in [-0.3, -0.25) is 9.72 Å². The molecule has 0 aliphatic heterocycles. The van der Waals surface area contributed by atoms with E-state index in [-0.39, 0.29) is 37.0 Å². The number of amides is 2. The molecular weight excluding hydrogens is 662 g/mol. The van der Waals surface area contributed by atoms with Crippen LogP contribution in [-0.4, -0.2) is 53.8 Å². The van der Waals surface area contributed by atoms with Gasteiger partial charge in [-0.25, -0.2) is 9.48 Å². The molecule has 2 amide bonds. The molecule has 0 fully saturated rings. The second kappa shape index (κ2) is 14.6. The monoisotopic (exact) mass is 697 g/mol. The number of nitrogens with one attached hydrogen (secondary N) is 2. The molecule has 3 heterocycles. The van der Waals surface area contributed by atoms with Crippen molar-refractivity contribution in [2.75, 3.05) is 18.5 Å². The van der Waals surface area contributed by atoms with Gasteiger partial charge in [0, 0.05) is 39.6 Å². The van der Waals surface area contributed by atoms with Gasteiger partial charge in [0.05, 0.1) is 23.0 Å². The molecule has 6 rings (SSSR count). The maximum absolute atomic E-state index is 13.3. The summed E-state index contributed by atoms with van der Waals surface area (Å²) in [6, 6.07) is 25.3. The smallest absolute Gasteiger partial charge is 0.320 e. The number of aromatic nitrogens is 5. The third-order valence-corrected chi connectivity index (χ3v) is 9.60. The number of hydrogen-bond donors (Lipinski definition) is 4. The Kier molecular flexibility index (Phi) is 10.1. The van der Waals surface area contributed by atoms with Crippen LogP contribution in [0.2, 0.25) is 5.02 Å². The number of aliphatic hydroxyl groups excluding tert-OH is 1. The number of anilines is 1. The van der Waals surface area contributed by atoms with Gasteiger partial charge in [-0.1, -0.05) is 62.3 Å². The molecule has 0 radical (unpaired) electrons. The molecule has 13 heteroatoms. The number of carbonyl (C=O) groups excluding carboxylic acids is 1. The number of benzene rings is 3. The van der Waals surface area contributed by atoms with Crippen LogP contribution in [0.5, 0.6) is 11.5 Å². The zero-order valence-electron chi connectivity index (χ0n) is 27.2. The minimum Gasteiger partial charge on any atom is -0.508 e. The molecule has 0 saturated carbocycles. The SMILES string of the molecule is CCC(C)(C)c1cc(NC(=O)NCc2ccccc2Sc2ccc3nnc(-c4cc(O)ccc4Cl)n3c2)n(-c2ccc(OCCO)cc2)n1. The lowest BCUT2D eigenvalue weighted by atomic mass is 9.87. The maximum atomic E-state index is 13.3. The summed E-state index contributed by atoms with van der Waals surface area (Å²) in [6.07, 6.45) is 2.79. The average Bonchev–Trinajstić information content (AvgIpc) is 3.73. The number of urea groups is 1. The fourth-order valence-corrected chi connectivity index (χ4v) is 6.21. The maximum Gasteiger partial charge on any atom is 0.320 e. The number of halogens is 1. The zero-order chi connectivity index (χ0) is 34.5. The Morgan fingerprint density at radius 1 is 1.02 bits per heavy atom. The lowest BCUT2D eigenvalue weighted by molar-refractivity contribution is 0.201. The first-order valence-electron chi connectivity index (χ1n) is 15.7. The van der Waals surface area contributed by atoms with E-state index in [0.29, 0.717) is 33.6 Å². The van der Waals surface area contributed by atoms with E-state index in [9.17, 15) is 9.90 Å². The predicted octanol–water partition coefficient (Wildman–Crippen LogP) is 7.47. The Balaban J connectivity index is 1.19. The average molecular weight is 698 g/mol. The molecule has 0 atom stereocenters. The summed E-state index contributed by atoms with van der Waals surface area (Å²) < 4.78 is 9.06. The summed E-state index contributed by atoms with van der Waals surface area (Å²) in [5.74, 6) is 1.76. The molecule has 0 spiro atoms. The first kappa shape index (κ1) is 33.8. The van der Waals surface area contributed by atoms with E-state index in [1.54, 1.807) is 40.7 Å². The highest BCUT2D eigenvalue weighted by atomic mass is 35.5. The number of aliphatic hydroxyl groups is 1. The number of ether oxygens (including phenoxy) is 1. The van der Waals surface area contributed by atoms with Crippen molar-refractivity contribution in [1.82, 2.24) is 29.7 Å². The largest absolute Gasteiger partial charge is 0.508 e.